The number of rotatable bonds is 6. The van der Waals surface area contributed by atoms with E-state index < -0.39 is 5.97 Å². The van der Waals surface area contributed by atoms with Crippen molar-refractivity contribution in [2.75, 3.05) is 16.9 Å². The number of carbonyl (C=O) groups is 2. The van der Waals surface area contributed by atoms with E-state index in [2.05, 4.69) is 39.5 Å². The van der Waals surface area contributed by atoms with Crippen LogP contribution >= 0.6 is 11.6 Å². The Kier molecular flexibility index (Phi) is 6.70. The van der Waals surface area contributed by atoms with Crippen LogP contribution in [0.15, 0.2) is 77.7 Å². The number of benzene rings is 2. The van der Waals surface area contributed by atoms with Gasteiger partial charge in [0.15, 0.2) is 11.9 Å². The van der Waals surface area contributed by atoms with E-state index in [-0.39, 0.29) is 12.3 Å². The molecule has 7 nitrogen and oxygen atoms in total. The van der Waals surface area contributed by atoms with Crippen molar-refractivity contribution in [2.45, 2.75) is 38.0 Å². The third kappa shape index (κ3) is 5.47. The molecule has 2 N–H and O–H groups in total. The molecule has 0 spiro atoms. The SMILES string of the molecule is O=C(O)CC1CCC(c2ccc(N3C=CC4=NC(C(=O)Nc5cccc(Cl)c5)=C[N+]4C3)cc2)CC1. The van der Waals surface area contributed by atoms with E-state index >= 15 is 0 Å². The minimum atomic E-state index is -0.692. The molecule has 179 valence electrons. The van der Waals surface area contributed by atoms with Crippen LogP contribution in [-0.2, 0) is 9.59 Å². The molecule has 1 amide bonds. The Balaban J connectivity index is 1.19. The van der Waals surface area contributed by atoms with Gasteiger partial charge in [0.05, 0.1) is 0 Å². The predicted octanol–water partition coefficient (Wildman–Crippen LogP) is 5.41. The molecular formula is C27H27ClN4O3+. The molecule has 8 heteroatoms. The summed E-state index contributed by atoms with van der Waals surface area (Å²) in [7, 11) is 0. The van der Waals surface area contributed by atoms with Gasteiger partial charge in [0.1, 0.15) is 0 Å². The molecule has 0 unspecified atom stereocenters. The van der Waals surface area contributed by atoms with Crippen LogP contribution in [-0.4, -0.2) is 29.5 Å². The molecule has 1 radical (unpaired) electrons. The van der Waals surface area contributed by atoms with Gasteiger partial charge in [-0.2, -0.15) is 4.99 Å². The maximum atomic E-state index is 12.7. The van der Waals surface area contributed by atoms with Crippen molar-refractivity contribution in [3.8, 4) is 0 Å². The van der Waals surface area contributed by atoms with Crippen molar-refractivity contribution in [3.63, 3.8) is 0 Å². The summed E-state index contributed by atoms with van der Waals surface area (Å²) in [6.45, 7) is 0.558. The molecule has 0 saturated heterocycles. The maximum Gasteiger partial charge on any atom is 0.303 e. The lowest BCUT2D eigenvalue weighted by Crippen LogP contribution is -2.41. The topological polar surface area (TPSA) is 87.9 Å². The number of halogens is 1. The summed E-state index contributed by atoms with van der Waals surface area (Å²) in [6.07, 6.45) is 9.96. The molecule has 0 aromatic heterocycles. The Morgan fingerprint density at radius 2 is 1.89 bits per heavy atom. The summed E-state index contributed by atoms with van der Waals surface area (Å²) in [5.74, 6) is 0.557. The largest absolute Gasteiger partial charge is 0.481 e. The molecule has 3 aliphatic rings. The number of anilines is 2. The highest BCUT2D eigenvalue weighted by molar-refractivity contribution is 6.31. The standard InChI is InChI=1S/C27H27ClN4O3/c28-21-2-1-3-22(15-21)29-27(35)24-16-32-17-31(13-12-25(32)30-24)23-10-8-20(9-11-23)19-6-4-18(5-7-19)14-26(33)34/h1-3,8-13,15-16,18-19H,4-7,14,17H2,(H,29,35)(H,33,34)/q+1. The Morgan fingerprint density at radius 1 is 1.11 bits per heavy atom. The van der Waals surface area contributed by atoms with E-state index in [9.17, 15) is 9.59 Å². The molecule has 35 heavy (non-hydrogen) atoms. The zero-order valence-corrected chi connectivity index (χ0v) is 20.0. The Morgan fingerprint density at radius 3 is 2.60 bits per heavy atom. The summed E-state index contributed by atoms with van der Waals surface area (Å²) in [5, 5.41) is 12.4. The van der Waals surface area contributed by atoms with Crippen LogP contribution in [0.25, 0.3) is 0 Å². The summed E-state index contributed by atoms with van der Waals surface area (Å²) in [4.78, 5) is 32.1. The van der Waals surface area contributed by atoms with Crippen molar-refractivity contribution in [2.24, 2.45) is 10.9 Å². The predicted molar refractivity (Wildman–Crippen MR) is 138 cm³/mol. The van der Waals surface area contributed by atoms with Gasteiger partial charge in [0.25, 0.3) is 11.7 Å². The van der Waals surface area contributed by atoms with Crippen LogP contribution in [0, 0.1) is 5.92 Å². The minimum Gasteiger partial charge on any atom is -0.481 e. The highest BCUT2D eigenvalue weighted by Crippen LogP contribution is 2.37. The zero-order chi connectivity index (χ0) is 24.4. The average Bonchev–Trinajstić information content (AvgIpc) is 3.28. The van der Waals surface area contributed by atoms with Crippen molar-refractivity contribution in [3.05, 3.63) is 83.3 Å². The molecule has 2 aliphatic heterocycles. The molecule has 1 aliphatic carbocycles. The van der Waals surface area contributed by atoms with Gasteiger partial charge in [-0.1, -0.05) is 34.7 Å². The van der Waals surface area contributed by atoms with Crippen molar-refractivity contribution in [1.82, 2.24) is 4.90 Å². The Labute approximate surface area is 209 Å². The van der Waals surface area contributed by atoms with Crippen molar-refractivity contribution >= 4 is 40.7 Å². The fourth-order valence-electron chi connectivity index (χ4n) is 4.97. The number of aliphatic carboxylic acids is 1. The number of hydrogen-bond acceptors (Lipinski definition) is 5. The van der Waals surface area contributed by atoms with Gasteiger partial charge in [0, 0.05) is 35.1 Å². The molecule has 5 rings (SSSR count). The third-order valence-corrected chi connectivity index (χ3v) is 7.07. The van der Waals surface area contributed by atoms with E-state index in [0.29, 0.717) is 34.9 Å². The fraction of sp³-hybridized carbons (Fsp3) is 0.296. The number of aliphatic imine (C=N–C) groups is 1. The first-order valence-corrected chi connectivity index (χ1v) is 12.2. The minimum absolute atomic E-state index is 0.281. The lowest BCUT2D eigenvalue weighted by Gasteiger charge is -2.28. The summed E-state index contributed by atoms with van der Waals surface area (Å²) < 4.78 is 0. The van der Waals surface area contributed by atoms with E-state index in [1.54, 1.807) is 30.5 Å². The third-order valence-electron chi connectivity index (χ3n) is 6.84. The molecule has 2 aromatic rings. The number of carboxylic acids is 1. The first-order valence-electron chi connectivity index (χ1n) is 11.9. The van der Waals surface area contributed by atoms with Gasteiger partial charge >= 0.3 is 5.97 Å². The summed E-state index contributed by atoms with van der Waals surface area (Å²) in [6, 6.07) is 15.6. The van der Waals surface area contributed by atoms with E-state index in [1.165, 1.54) is 5.56 Å². The Bertz CT molecular complexity index is 1210. The van der Waals surface area contributed by atoms with Gasteiger partial charge in [-0.25, -0.2) is 0 Å². The number of carboxylic acid groups (broad SMARTS) is 1. The van der Waals surface area contributed by atoms with Crippen LogP contribution in [0.1, 0.15) is 43.6 Å². The quantitative estimate of drug-likeness (QED) is 0.530. The van der Waals surface area contributed by atoms with Gasteiger partial charge in [-0.15, -0.1) is 0 Å². The highest BCUT2D eigenvalue weighted by Gasteiger charge is 2.35. The van der Waals surface area contributed by atoms with Gasteiger partial charge < -0.3 is 10.4 Å². The van der Waals surface area contributed by atoms with Gasteiger partial charge in [0.2, 0.25) is 6.67 Å². The average molecular weight is 491 g/mol. The first-order chi connectivity index (χ1) is 16.9. The highest BCUT2D eigenvalue weighted by atomic mass is 35.5. The van der Waals surface area contributed by atoms with E-state index in [1.807, 2.05) is 17.2 Å². The Hall–Kier alpha value is -3.42. The summed E-state index contributed by atoms with van der Waals surface area (Å²) >= 11 is 6.00. The van der Waals surface area contributed by atoms with Crippen molar-refractivity contribution in [1.29, 1.82) is 0 Å². The van der Waals surface area contributed by atoms with Crippen LogP contribution in [0.2, 0.25) is 5.02 Å². The maximum absolute atomic E-state index is 12.7. The molecule has 1 saturated carbocycles. The first kappa shape index (κ1) is 23.3. The van der Waals surface area contributed by atoms with E-state index in [0.717, 1.165) is 37.2 Å². The number of nitrogens with zero attached hydrogens (tertiary/aromatic N) is 3. The number of amides is 1. The van der Waals surface area contributed by atoms with Crippen LogP contribution in [0.3, 0.4) is 0 Å². The number of fused-ring (bicyclic) bond motifs is 1. The zero-order valence-electron chi connectivity index (χ0n) is 19.2. The monoisotopic (exact) mass is 490 g/mol. The molecule has 1 fully saturated rings. The van der Waals surface area contributed by atoms with Crippen molar-refractivity contribution < 1.29 is 14.7 Å². The van der Waals surface area contributed by atoms with Crippen LogP contribution in [0.4, 0.5) is 11.4 Å². The molecular weight excluding hydrogens is 464 g/mol. The number of hydrogen-bond donors (Lipinski definition) is 2. The van der Waals surface area contributed by atoms with E-state index in [4.69, 9.17) is 16.7 Å². The van der Waals surface area contributed by atoms with Gasteiger partial charge in [-0.3, -0.25) is 14.5 Å². The molecule has 2 heterocycles. The number of nitrogens with one attached hydrogen (secondary N) is 1. The molecule has 0 bridgehead atoms. The second-order valence-electron chi connectivity index (χ2n) is 9.25. The molecule has 2 aromatic carbocycles. The van der Waals surface area contributed by atoms with Crippen LogP contribution in [0.5, 0.6) is 0 Å². The normalized spacial score (nSPS) is 21.8. The lowest BCUT2D eigenvalue weighted by atomic mass is 9.77. The molecule has 0 atom stereocenters. The number of carbonyl (C=O) groups excluding carboxylic acids is 1. The smallest absolute Gasteiger partial charge is 0.303 e. The second kappa shape index (κ2) is 10.1. The fourth-order valence-corrected chi connectivity index (χ4v) is 5.16. The summed E-state index contributed by atoms with van der Waals surface area (Å²) in [5.41, 5.74) is 3.35. The second-order valence-corrected chi connectivity index (χ2v) is 9.69. The van der Waals surface area contributed by atoms with Gasteiger partial charge in [-0.05, 0) is 73.4 Å². The lowest BCUT2D eigenvalue weighted by molar-refractivity contribution is -0.138. The number of amidine groups is 1. The van der Waals surface area contributed by atoms with Crippen LogP contribution < -0.4 is 15.1 Å².